The van der Waals surface area contributed by atoms with E-state index in [1.54, 1.807) is 12.1 Å². The number of amides is 1. The van der Waals surface area contributed by atoms with Crippen LogP contribution in [0.4, 0.5) is 5.69 Å². The molecule has 0 spiro atoms. The van der Waals surface area contributed by atoms with Gasteiger partial charge in [0, 0.05) is 31.7 Å². The molecule has 4 rings (SSSR count). The lowest BCUT2D eigenvalue weighted by atomic mass is 10.2. The molecule has 1 aromatic heterocycles. The summed E-state index contributed by atoms with van der Waals surface area (Å²) in [5, 5.41) is 12.0. The minimum atomic E-state index is -3.57. The Morgan fingerprint density at radius 2 is 1.93 bits per heavy atom. The molecule has 10 heteroatoms. The standard InChI is InChI=1S/C20H27N5O3S2/c1-12-5-10-16(30(27,28)24(3)4)11-17(12)21-19(26)13(2)29-20-23-22-18(14-6-7-14)25(20)15-8-9-15/h5,10-11,13-15H,6-9H2,1-4H3,(H,21,26)/t13-/m1/s1. The smallest absolute Gasteiger partial charge is 0.242 e. The van der Waals surface area contributed by atoms with Gasteiger partial charge >= 0.3 is 0 Å². The van der Waals surface area contributed by atoms with E-state index in [-0.39, 0.29) is 10.8 Å². The van der Waals surface area contributed by atoms with Crippen LogP contribution in [0.2, 0.25) is 0 Å². The van der Waals surface area contributed by atoms with Crippen molar-refractivity contribution >= 4 is 33.4 Å². The molecular formula is C20H27N5O3S2. The normalized spacial score (nSPS) is 17.9. The van der Waals surface area contributed by atoms with Gasteiger partial charge in [-0.05, 0) is 57.2 Å². The molecule has 1 heterocycles. The predicted octanol–water partition coefficient (Wildman–Crippen LogP) is 3.17. The van der Waals surface area contributed by atoms with Crippen molar-refractivity contribution in [3.05, 3.63) is 29.6 Å². The molecule has 0 radical (unpaired) electrons. The summed E-state index contributed by atoms with van der Waals surface area (Å²) in [6.07, 6.45) is 4.60. The summed E-state index contributed by atoms with van der Waals surface area (Å²) in [4.78, 5) is 13.0. The van der Waals surface area contributed by atoms with Crippen LogP contribution in [0.25, 0.3) is 0 Å². The molecule has 2 aromatic rings. The summed E-state index contributed by atoms with van der Waals surface area (Å²) < 4.78 is 28.2. The number of aryl methyl sites for hydroxylation is 1. The Labute approximate surface area is 181 Å². The van der Waals surface area contributed by atoms with Crippen LogP contribution in [0.1, 0.15) is 56.0 Å². The number of rotatable bonds is 8. The molecule has 8 nitrogen and oxygen atoms in total. The lowest BCUT2D eigenvalue weighted by molar-refractivity contribution is -0.115. The number of carbonyl (C=O) groups excluding carboxylic acids is 1. The van der Waals surface area contributed by atoms with Gasteiger partial charge in [0.05, 0.1) is 10.1 Å². The fourth-order valence-corrected chi connectivity index (χ4v) is 5.07. The van der Waals surface area contributed by atoms with Gasteiger partial charge in [0.25, 0.3) is 0 Å². The molecule has 1 N–H and O–H groups in total. The molecule has 2 aliphatic rings. The average Bonchev–Trinajstić information content (AvgIpc) is 3.62. The minimum Gasteiger partial charge on any atom is -0.325 e. The van der Waals surface area contributed by atoms with Crippen LogP contribution in [0.3, 0.4) is 0 Å². The van der Waals surface area contributed by atoms with E-state index < -0.39 is 15.3 Å². The first-order valence-corrected chi connectivity index (χ1v) is 12.5. The Balaban J connectivity index is 1.50. The molecule has 0 bridgehead atoms. The topological polar surface area (TPSA) is 97.2 Å². The summed E-state index contributed by atoms with van der Waals surface area (Å²) in [5.74, 6) is 1.38. The van der Waals surface area contributed by atoms with E-state index in [0.717, 1.165) is 46.5 Å². The summed E-state index contributed by atoms with van der Waals surface area (Å²) in [7, 11) is -0.605. The Morgan fingerprint density at radius 1 is 1.23 bits per heavy atom. The molecule has 2 saturated carbocycles. The van der Waals surface area contributed by atoms with Gasteiger partial charge in [-0.2, -0.15) is 0 Å². The zero-order valence-corrected chi connectivity index (χ0v) is 19.3. The van der Waals surface area contributed by atoms with Crippen molar-refractivity contribution in [3.8, 4) is 0 Å². The number of nitrogens with one attached hydrogen (secondary N) is 1. The Kier molecular flexibility index (Phi) is 5.67. The van der Waals surface area contributed by atoms with Crippen LogP contribution in [-0.2, 0) is 14.8 Å². The molecule has 1 atom stereocenters. The number of nitrogens with zero attached hydrogens (tertiary/aromatic N) is 4. The molecule has 2 aliphatic carbocycles. The van der Waals surface area contributed by atoms with Gasteiger partial charge in [-0.25, -0.2) is 12.7 Å². The second-order valence-corrected chi connectivity index (χ2v) is 11.7. The zero-order valence-electron chi connectivity index (χ0n) is 17.6. The van der Waals surface area contributed by atoms with Gasteiger partial charge in [0.15, 0.2) is 5.16 Å². The van der Waals surface area contributed by atoms with Gasteiger partial charge < -0.3 is 9.88 Å². The number of anilines is 1. The van der Waals surface area contributed by atoms with E-state index in [2.05, 4.69) is 20.1 Å². The highest BCUT2D eigenvalue weighted by molar-refractivity contribution is 8.00. The maximum atomic E-state index is 12.9. The van der Waals surface area contributed by atoms with Crippen LogP contribution < -0.4 is 5.32 Å². The monoisotopic (exact) mass is 449 g/mol. The molecule has 2 fully saturated rings. The van der Waals surface area contributed by atoms with Crippen molar-refractivity contribution in [3.63, 3.8) is 0 Å². The number of carbonyl (C=O) groups is 1. The fraction of sp³-hybridized carbons (Fsp3) is 0.550. The molecule has 0 saturated heterocycles. The lowest BCUT2D eigenvalue weighted by Gasteiger charge is -2.16. The largest absolute Gasteiger partial charge is 0.325 e. The van der Waals surface area contributed by atoms with Crippen LogP contribution >= 0.6 is 11.8 Å². The zero-order chi connectivity index (χ0) is 21.6. The van der Waals surface area contributed by atoms with Crippen LogP contribution in [0.5, 0.6) is 0 Å². The van der Waals surface area contributed by atoms with E-state index in [9.17, 15) is 13.2 Å². The SMILES string of the molecule is Cc1ccc(S(=O)(=O)N(C)C)cc1NC(=O)[C@@H](C)Sc1nnc(C2CC2)n1C1CC1. The van der Waals surface area contributed by atoms with Gasteiger partial charge in [-0.1, -0.05) is 17.8 Å². The molecule has 1 aromatic carbocycles. The third kappa shape index (κ3) is 4.26. The first-order valence-electron chi connectivity index (χ1n) is 10.1. The third-order valence-electron chi connectivity index (χ3n) is 5.44. The minimum absolute atomic E-state index is 0.149. The molecule has 0 unspecified atom stereocenters. The Morgan fingerprint density at radius 3 is 2.53 bits per heavy atom. The van der Waals surface area contributed by atoms with E-state index in [0.29, 0.717) is 17.6 Å². The first-order chi connectivity index (χ1) is 14.2. The number of hydrogen-bond donors (Lipinski definition) is 1. The number of thioether (sulfide) groups is 1. The maximum Gasteiger partial charge on any atom is 0.242 e. The predicted molar refractivity (Wildman–Crippen MR) is 116 cm³/mol. The number of sulfonamides is 1. The Bertz CT molecular complexity index is 1070. The van der Waals surface area contributed by atoms with Crippen molar-refractivity contribution < 1.29 is 13.2 Å². The highest BCUT2D eigenvalue weighted by atomic mass is 32.2. The number of hydrogen-bond acceptors (Lipinski definition) is 6. The van der Waals surface area contributed by atoms with E-state index in [4.69, 9.17) is 0 Å². The van der Waals surface area contributed by atoms with Crippen molar-refractivity contribution in [2.75, 3.05) is 19.4 Å². The second-order valence-electron chi connectivity index (χ2n) is 8.23. The van der Waals surface area contributed by atoms with Crippen molar-refractivity contribution in [2.45, 2.75) is 66.8 Å². The van der Waals surface area contributed by atoms with Gasteiger partial charge in [-0.3, -0.25) is 4.79 Å². The molecule has 162 valence electrons. The number of aromatic nitrogens is 3. The maximum absolute atomic E-state index is 12.9. The second kappa shape index (κ2) is 7.97. The third-order valence-corrected chi connectivity index (χ3v) is 8.31. The van der Waals surface area contributed by atoms with E-state index in [1.807, 2.05) is 13.8 Å². The highest BCUT2D eigenvalue weighted by Crippen LogP contribution is 2.46. The summed E-state index contributed by atoms with van der Waals surface area (Å²) in [6.45, 7) is 3.67. The van der Waals surface area contributed by atoms with E-state index >= 15 is 0 Å². The van der Waals surface area contributed by atoms with Gasteiger partial charge in [0.1, 0.15) is 5.82 Å². The fourth-order valence-electron chi connectivity index (χ4n) is 3.22. The summed E-state index contributed by atoms with van der Waals surface area (Å²) in [5.41, 5.74) is 1.30. The molecule has 30 heavy (non-hydrogen) atoms. The van der Waals surface area contributed by atoms with E-state index in [1.165, 1.54) is 31.9 Å². The van der Waals surface area contributed by atoms with Crippen molar-refractivity contribution in [2.24, 2.45) is 0 Å². The molecule has 0 aliphatic heterocycles. The van der Waals surface area contributed by atoms with Crippen LogP contribution in [-0.4, -0.2) is 52.7 Å². The Hall–Kier alpha value is -1.91. The highest BCUT2D eigenvalue weighted by Gasteiger charge is 2.37. The average molecular weight is 450 g/mol. The summed E-state index contributed by atoms with van der Waals surface area (Å²) >= 11 is 1.40. The first kappa shape index (κ1) is 21.3. The van der Waals surface area contributed by atoms with Crippen LogP contribution in [0, 0.1) is 6.92 Å². The quantitative estimate of drug-likeness (QED) is 0.622. The van der Waals surface area contributed by atoms with Gasteiger partial charge in [0.2, 0.25) is 15.9 Å². The van der Waals surface area contributed by atoms with Gasteiger partial charge in [-0.15, -0.1) is 10.2 Å². The summed E-state index contributed by atoms with van der Waals surface area (Å²) in [6, 6.07) is 5.23. The number of benzene rings is 1. The van der Waals surface area contributed by atoms with Crippen LogP contribution in [0.15, 0.2) is 28.3 Å². The molecular weight excluding hydrogens is 422 g/mol. The molecule has 1 amide bonds. The lowest BCUT2D eigenvalue weighted by Crippen LogP contribution is -2.25. The van der Waals surface area contributed by atoms with Crippen molar-refractivity contribution in [1.29, 1.82) is 0 Å². The van der Waals surface area contributed by atoms with Crippen molar-refractivity contribution in [1.82, 2.24) is 19.1 Å².